The second-order valence-electron chi connectivity index (χ2n) is 8.18. The van der Waals surface area contributed by atoms with Crippen molar-refractivity contribution in [3.8, 4) is 17.2 Å². The number of methoxy groups -OCH3 is 2. The molecule has 1 aliphatic rings. The lowest BCUT2D eigenvalue weighted by Gasteiger charge is -2.22. The molecule has 0 radical (unpaired) electrons. The summed E-state index contributed by atoms with van der Waals surface area (Å²) in [4.78, 5) is 12.2. The Kier molecular flexibility index (Phi) is 7.40. The minimum absolute atomic E-state index is 0.391. The minimum Gasteiger partial charge on any atom is -0.497 e. The van der Waals surface area contributed by atoms with Crippen LogP contribution in [0.25, 0.3) is 0 Å². The van der Waals surface area contributed by atoms with Gasteiger partial charge in [-0.15, -0.1) is 0 Å². The Morgan fingerprint density at radius 1 is 0.909 bits per heavy atom. The third-order valence-corrected chi connectivity index (χ3v) is 6.32. The lowest BCUT2D eigenvalue weighted by atomic mass is 9.84. The molecule has 3 aromatic rings. The first-order valence-electron chi connectivity index (χ1n) is 11.2. The smallest absolute Gasteiger partial charge is 0.340 e. The molecule has 0 unspecified atom stereocenters. The Labute approximate surface area is 199 Å². The Morgan fingerprint density at radius 2 is 1.64 bits per heavy atom. The third kappa shape index (κ3) is 5.60. The fourth-order valence-corrected chi connectivity index (χ4v) is 4.44. The SMILES string of the molecule is COC(=O)c1cc(OC)ccc1Nc1ccc(Oc2ccc(C3CCCCC3)cc2Cl)cc1. The zero-order valence-electron chi connectivity index (χ0n) is 18.9. The summed E-state index contributed by atoms with van der Waals surface area (Å²) in [5, 5.41) is 3.87. The maximum Gasteiger partial charge on any atom is 0.340 e. The van der Waals surface area contributed by atoms with Gasteiger partial charge in [-0.2, -0.15) is 0 Å². The van der Waals surface area contributed by atoms with E-state index in [2.05, 4.69) is 11.4 Å². The van der Waals surface area contributed by atoms with Gasteiger partial charge in [-0.3, -0.25) is 0 Å². The van der Waals surface area contributed by atoms with E-state index in [-0.39, 0.29) is 0 Å². The van der Waals surface area contributed by atoms with Crippen LogP contribution in [0.4, 0.5) is 11.4 Å². The molecule has 5 nitrogen and oxygen atoms in total. The molecule has 6 heteroatoms. The average Bonchev–Trinajstić information content (AvgIpc) is 2.86. The number of hydrogen-bond donors (Lipinski definition) is 1. The fourth-order valence-electron chi connectivity index (χ4n) is 4.22. The van der Waals surface area contributed by atoms with Crippen LogP contribution in [0.15, 0.2) is 60.7 Å². The highest BCUT2D eigenvalue weighted by Gasteiger charge is 2.17. The van der Waals surface area contributed by atoms with Crippen molar-refractivity contribution in [1.29, 1.82) is 0 Å². The van der Waals surface area contributed by atoms with Crippen LogP contribution in [0.3, 0.4) is 0 Å². The molecule has 1 fully saturated rings. The van der Waals surface area contributed by atoms with Crippen LogP contribution in [-0.2, 0) is 4.74 Å². The van der Waals surface area contributed by atoms with Crippen molar-refractivity contribution in [3.63, 3.8) is 0 Å². The Balaban J connectivity index is 1.45. The molecule has 3 aromatic carbocycles. The van der Waals surface area contributed by atoms with E-state index < -0.39 is 5.97 Å². The number of carbonyl (C=O) groups is 1. The summed E-state index contributed by atoms with van der Waals surface area (Å²) in [5.41, 5.74) is 3.11. The number of carbonyl (C=O) groups excluding carboxylic acids is 1. The van der Waals surface area contributed by atoms with Crippen molar-refractivity contribution in [2.24, 2.45) is 0 Å². The number of esters is 1. The van der Waals surface area contributed by atoms with E-state index in [1.165, 1.54) is 44.8 Å². The molecule has 0 heterocycles. The predicted molar refractivity (Wildman–Crippen MR) is 131 cm³/mol. The van der Waals surface area contributed by atoms with Gasteiger partial charge in [0.05, 0.1) is 30.5 Å². The zero-order valence-corrected chi connectivity index (χ0v) is 19.7. The normalized spacial score (nSPS) is 13.9. The van der Waals surface area contributed by atoms with Crippen LogP contribution in [-0.4, -0.2) is 20.2 Å². The quantitative estimate of drug-likeness (QED) is 0.362. The number of hydrogen-bond acceptors (Lipinski definition) is 5. The van der Waals surface area contributed by atoms with Crippen molar-refractivity contribution in [2.45, 2.75) is 38.0 Å². The lowest BCUT2D eigenvalue weighted by molar-refractivity contribution is 0.0601. The second-order valence-corrected chi connectivity index (χ2v) is 8.59. The molecule has 0 atom stereocenters. The Hall–Kier alpha value is -3.18. The van der Waals surface area contributed by atoms with Crippen molar-refractivity contribution < 1.29 is 19.0 Å². The number of halogens is 1. The Bertz CT molecular complexity index is 1110. The van der Waals surface area contributed by atoms with Crippen molar-refractivity contribution in [2.75, 3.05) is 19.5 Å². The zero-order chi connectivity index (χ0) is 23.2. The molecule has 4 rings (SSSR count). The van der Waals surface area contributed by atoms with Crippen molar-refractivity contribution in [3.05, 3.63) is 76.8 Å². The molecule has 0 aromatic heterocycles. The monoisotopic (exact) mass is 465 g/mol. The molecule has 1 N–H and O–H groups in total. The van der Waals surface area contributed by atoms with E-state index in [4.69, 9.17) is 25.8 Å². The maximum atomic E-state index is 12.2. The van der Waals surface area contributed by atoms with Gasteiger partial charge in [0.15, 0.2) is 0 Å². The molecule has 0 spiro atoms. The van der Waals surface area contributed by atoms with Crippen molar-refractivity contribution >= 4 is 28.9 Å². The number of anilines is 2. The number of nitrogens with one attached hydrogen (secondary N) is 1. The van der Waals surface area contributed by atoms with Crippen LogP contribution >= 0.6 is 11.6 Å². The molecule has 0 bridgehead atoms. The van der Waals surface area contributed by atoms with Crippen LogP contribution in [0, 0.1) is 0 Å². The summed E-state index contributed by atoms with van der Waals surface area (Å²) in [7, 11) is 2.91. The first-order chi connectivity index (χ1) is 16.1. The van der Waals surface area contributed by atoms with E-state index in [9.17, 15) is 4.79 Å². The van der Waals surface area contributed by atoms with Crippen LogP contribution in [0.5, 0.6) is 17.2 Å². The van der Waals surface area contributed by atoms with Crippen molar-refractivity contribution in [1.82, 2.24) is 0 Å². The van der Waals surface area contributed by atoms with Gasteiger partial charge in [-0.1, -0.05) is 36.9 Å². The highest BCUT2D eigenvalue weighted by Crippen LogP contribution is 2.37. The molecular formula is C27H28ClNO4. The molecule has 0 saturated heterocycles. The lowest BCUT2D eigenvalue weighted by Crippen LogP contribution is -2.06. The van der Waals surface area contributed by atoms with Gasteiger partial charge in [0, 0.05) is 5.69 Å². The van der Waals surface area contributed by atoms with E-state index in [1.807, 2.05) is 36.4 Å². The van der Waals surface area contributed by atoms with E-state index in [0.717, 1.165) is 5.69 Å². The standard InChI is InChI=1S/C27H28ClNO4/c1-31-22-13-14-25(23(17-22)27(30)32-2)29-20-9-11-21(12-10-20)33-26-15-8-19(16-24(26)28)18-6-4-3-5-7-18/h8-18,29H,3-7H2,1-2H3. The molecule has 172 valence electrons. The average molecular weight is 466 g/mol. The van der Waals surface area contributed by atoms with Gasteiger partial charge in [-0.25, -0.2) is 4.79 Å². The molecule has 1 saturated carbocycles. The number of benzene rings is 3. The predicted octanol–water partition coefficient (Wildman–Crippen LogP) is 7.72. The Morgan fingerprint density at radius 3 is 2.30 bits per heavy atom. The molecule has 0 amide bonds. The van der Waals surface area contributed by atoms with Crippen LogP contribution in [0.2, 0.25) is 5.02 Å². The van der Waals surface area contributed by atoms with Crippen LogP contribution in [0.1, 0.15) is 53.9 Å². The first-order valence-corrected chi connectivity index (χ1v) is 11.6. The summed E-state index contributed by atoms with van der Waals surface area (Å²) in [6.07, 6.45) is 6.38. The van der Waals surface area contributed by atoms with Gasteiger partial charge < -0.3 is 19.5 Å². The third-order valence-electron chi connectivity index (χ3n) is 6.03. The minimum atomic E-state index is -0.442. The summed E-state index contributed by atoms with van der Waals surface area (Å²) in [6.45, 7) is 0. The molecule has 1 aliphatic carbocycles. The highest BCUT2D eigenvalue weighted by atomic mass is 35.5. The summed E-state index contributed by atoms with van der Waals surface area (Å²) < 4.78 is 16.1. The topological polar surface area (TPSA) is 56.8 Å². The van der Waals surface area contributed by atoms with Crippen LogP contribution < -0.4 is 14.8 Å². The first kappa shape index (κ1) is 23.0. The largest absolute Gasteiger partial charge is 0.497 e. The fraction of sp³-hybridized carbons (Fsp3) is 0.296. The van der Waals surface area contributed by atoms with Gasteiger partial charge >= 0.3 is 5.97 Å². The van der Waals surface area contributed by atoms with E-state index in [1.54, 1.807) is 25.3 Å². The van der Waals surface area contributed by atoms with E-state index >= 15 is 0 Å². The van der Waals surface area contributed by atoms with Gasteiger partial charge in [0.1, 0.15) is 17.2 Å². The number of ether oxygens (including phenoxy) is 3. The molecular weight excluding hydrogens is 438 g/mol. The van der Waals surface area contributed by atoms with Gasteiger partial charge in [-0.05, 0) is 78.9 Å². The number of rotatable bonds is 7. The summed E-state index contributed by atoms with van der Waals surface area (Å²) >= 11 is 6.53. The van der Waals surface area contributed by atoms with E-state index in [0.29, 0.717) is 39.4 Å². The summed E-state index contributed by atoms with van der Waals surface area (Å²) in [5.74, 6) is 2.05. The summed E-state index contributed by atoms with van der Waals surface area (Å²) in [6, 6.07) is 18.8. The molecule has 33 heavy (non-hydrogen) atoms. The maximum absolute atomic E-state index is 12.2. The highest BCUT2D eigenvalue weighted by molar-refractivity contribution is 6.32. The molecule has 0 aliphatic heterocycles. The second kappa shape index (κ2) is 10.6. The van der Waals surface area contributed by atoms with Gasteiger partial charge in [0.25, 0.3) is 0 Å². The van der Waals surface area contributed by atoms with Gasteiger partial charge in [0.2, 0.25) is 0 Å².